The molecule has 1 aliphatic heterocycles. The number of alkyl halides is 3. The van der Waals surface area contributed by atoms with Gasteiger partial charge in [-0.2, -0.15) is 0 Å². The molecular weight excluding hydrogens is 365 g/mol. The van der Waals surface area contributed by atoms with Crippen molar-refractivity contribution in [2.45, 2.75) is 44.4 Å². The van der Waals surface area contributed by atoms with Crippen LogP contribution in [0.3, 0.4) is 0 Å². The van der Waals surface area contributed by atoms with Crippen molar-refractivity contribution in [1.82, 2.24) is 0 Å². The summed E-state index contributed by atoms with van der Waals surface area (Å²) < 4.78 is 2.08. The molecular formula is C16H30INS. The monoisotopic (exact) mass is 395 g/mol. The summed E-state index contributed by atoms with van der Waals surface area (Å²) in [6.45, 7) is 7.05. The van der Waals surface area contributed by atoms with E-state index in [4.69, 9.17) is 5.73 Å². The van der Waals surface area contributed by atoms with Crippen LogP contribution in [0.2, 0.25) is 0 Å². The van der Waals surface area contributed by atoms with E-state index in [1.807, 2.05) is 0 Å². The second-order valence-electron chi connectivity index (χ2n) is 6.91. The molecule has 19 heavy (non-hydrogen) atoms. The van der Waals surface area contributed by atoms with Crippen molar-refractivity contribution in [3.05, 3.63) is 11.6 Å². The van der Waals surface area contributed by atoms with Crippen molar-refractivity contribution in [3.8, 4) is 0 Å². The van der Waals surface area contributed by atoms with Crippen LogP contribution in [0.15, 0.2) is 11.6 Å². The molecule has 2 N–H and O–H groups in total. The van der Waals surface area contributed by atoms with Crippen LogP contribution in [0.25, 0.3) is 0 Å². The topological polar surface area (TPSA) is 26.0 Å². The molecule has 0 aromatic carbocycles. The van der Waals surface area contributed by atoms with Gasteiger partial charge >= 0.3 is 131 Å². The van der Waals surface area contributed by atoms with Crippen LogP contribution < -0.4 is 5.73 Å². The summed E-state index contributed by atoms with van der Waals surface area (Å²) >= 11 is 1.60. The Bertz CT molecular complexity index is 353. The molecule has 0 amide bonds. The van der Waals surface area contributed by atoms with Crippen molar-refractivity contribution < 1.29 is 0 Å². The van der Waals surface area contributed by atoms with Crippen molar-refractivity contribution in [1.29, 1.82) is 0 Å². The molecule has 2 rings (SSSR count). The Labute approximate surface area is 130 Å². The van der Waals surface area contributed by atoms with Gasteiger partial charge in [0.2, 0.25) is 0 Å². The Balaban J connectivity index is 2.26. The molecule has 0 radical (unpaired) electrons. The fourth-order valence-corrected chi connectivity index (χ4v) is 11.3. The van der Waals surface area contributed by atoms with E-state index in [0.717, 1.165) is 5.92 Å². The van der Waals surface area contributed by atoms with E-state index in [0.29, 0.717) is 22.6 Å². The van der Waals surface area contributed by atoms with Gasteiger partial charge in [0.25, 0.3) is 0 Å². The SMILES string of the molecule is CC1C=C2C[C@H](C)[C@](CI(C)C)(C2)SCC1[C@H](C)N. The van der Waals surface area contributed by atoms with Crippen molar-refractivity contribution in [2.24, 2.45) is 23.5 Å². The first-order chi connectivity index (χ1) is 8.84. The van der Waals surface area contributed by atoms with Gasteiger partial charge in [-0.1, -0.05) is 0 Å². The number of fused-ring (bicyclic) bond motifs is 2. The molecule has 2 aliphatic rings. The number of thioether (sulfide) groups is 1. The first-order valence-electron chi connectivity index (χ1n) is 7.39. The summed E-state index contributed by atoms with van der Waals surface area (Å²) in [6.07, 6.45) is 5.29. The predicted molar refractivity (Wildman–Crippen MR) is 98.7 cm³/mol. The second kappa shape index (κ2) is 6.27. The third-order valence-corrected chi connectivity index (χ3v) is 10.1. The van der Waals surface area contributed by atoms with E-state index >= 15 is 0 Å². The number of hydrogen-bond donors (Lipinski definition) is 1. The number of rotatable bonds is 3. The molecule has 5 atom stereocenters. The van der Waals surface area contributed by atoms with E-state index < -0.39 is 19.8 Å². The molecule has 1 fully saturated rings. The molecule has 1 nitrogen and oxygen atoms in total. The third-order valence-electron chi connectivity index (χ3n) is 4.90. The zero-order chi connectivity index (χ0) is 14.2. The van der Waals surface area contributed by atoms with Crippen LogP contribution >= 0.6 is 31.6 Å². The molecule has 112 valence electrons. The summed E-state index contributed by atoms with van der Waals surface area (Å²) in [5, 5.41) is 0. The van der Waals surface area contributed by atoms with Gasteiger partial charge in [-0.05, 0) is 0 Å². The van der Waals surface area contributed by atoms with Gasteiger partial charge in [-0.3, -0.25) is 0 Å². The maximum atomic E-state index is 6.24. The maximum absolute atomic E-state index is 6.24. The molecule has 0 aromatic heterocycles. The molecule has 0 spiro atoms. The molecule has 0 aromatic rings. The van der Waals surface area contributed by atoms with Crippen LogP contribution in [0, 0.1) is 17.8 Å². The number of nitrogens with two attached hydrogens (primary N) is 1. The number of halogens is 1. The molecule has 1 heterocycles. The molecule has 1 aliphatic carbocycles. The zero-order valence-electron chi connectivity index (χ0n) is 13.1. The van der Waals surface area contributed by atoms with E-state index in [1.165, 1.54) is 23.0 Å². The van der Waals surface area contributed by atoms with Crippen molar-refractivity contribution in [2.75, 3.05) is 20.0 Å². The van der Waals surface area contributed by atoms with Gasteiger partial charge in [0, 0.05) is 0 Å². The van der Waals surface area contributed by atoms with E-state index in [2.05, 4.69) is 48.5 Å². The van der Waals surface area contributed by atoms with Gasteiger partial charge in [-0.15, -0.1) is 0 Å². The van der Waals surface area contributed by atoms with E-state index in [9.17, 15) is 0 Å². The van der Waals surface area contributed by atoms with Crippen LogP contribution in [-0.2, 0) is 0 Å². The fourth-order valence-electron chi connectivity index (χ4n) is 3.74. The molecule has 1 saturated carbocycles. The van der Waals surface area contributed by atoms with Gasteiger partial charge in [0.05, 0.1) is 0 Å². The Hall–Kier alpha value is 0.780. The quantitative estimate of drug-likeness (QED) is 0.441. The average molecular weight is 395 g/mol. The van der Waals surface area contributed by atoms with Crippen LogP contribution in [0.4, 0.5) is 0 Å². The summed E-state index contributed by atoms with van der Waals surface area (Å²) in [5.41, 5.74) is 7.97. The summed E-state index contributed by atoms with van der Waals surface area (Å²) in [6, 6.07) is 0.321. The molecule has 2 bridgehead atoms. The first kappa shape index (κ1) is 16.2. The second-order valence-corrected chi connectivity index (χ2v) is 14.3. The normalized spacial score (nSPS) is 41.3. The Morgan fingerprint density at radius 3 is 2.74 bits per heavy atom. The van der Waals surface area contributed by atoms with E-state index in [-0.39, 0.29) is 0 Å². The zero-order valence-corrected chi connectivity index (χ0v) is 16.1. The van der Waals surface area contributed by atoms with Crippen LogP contribution in [0.1, 0.15) is 33.6 Å². The van der Waals surface area contributed by atoms with Crippen LogP contribution in [0.5, 0.6) is 0 Å². The van der Waals surface area contributed by atoms with E-state index in [1.54, 1.807) is 5.57 Å². The average Bonchev–Trinajstić information content (AvgIpc) is 2.53. The Kier molecular flexibility index (Phi) is 5.33. The van der Waals surface area contributed by atoms with Gasteiger partial charge < -0.3 is 0 Å². The Morgan fingerprint density at radius 2 is 2.16 bits per heavy atom. The molecule has 0 saturated heterocycles. The van der Waals surface area contributed by atoms with Gasteiger partial charge in [-0.25, -0.2) is 0 Å². The first-order valence-corrected chi connectivity index (χ1v) is 14.2. The van der Waals surface area contributed by atoms with Crippen LogP contribution in [-0.4, -0.2) is 30.8 Å². The molecule has 2 unspecified atom stereocenters. The standard InChI is InChI=1S/C16H30INS/c1-11-6-14-7-12(2)16(8-14,10-17(4)5)19-9-15(11)13(3)18/h6,11-13,15H,7-10,18H2,1-5H3/t11?,12-,13-,15?,16+/m0/s1. The minimum absolute atomic E-state index is 0.321. The summed E-state index contributed by atoms with van der Waals surface area (Å²) in [5.74, 6) is 3.43. The van der Waals surface area contributed by atoms with Crippen molar-refractivity contribution in [3.63, 3.8) is 0 Å². The summed E-state index contributed by atoms with van der Waals surface area (Å²) in [7, 11) is 0. The molecule has 3 heteroatoms. The Morgan fingerprint density at radius 1 is 1.47 bits per heavy atom. The minimum atomic E-state index is -0.682. The van der Waals surface area contributed by atoms with Gasteiger partial charge in [0.1, 0.15) is 0 Å². The predicted octanol–water partition coefficient (Wildman–Crippen LogP) is 4.19. The number of hydrogen-bond acceptors (Lipinski definition) is 2. The fraction of sp³-hybridized carbons (Fsp3) is 0.875. The summed E-state index contributed by atoms with van der Waals surface area (Å²) in [4.78, 5) is 5.05. The van der Waals surface area contributed by atoms with Crippen molar-refractivity contribution >= 4 is 31.6 Å². The van der Waals surface area contributed by atoms with Gasteiger partial charge in [0.15, 0.2) is 0 Å². The number of allylic oxidation sites excluding steroid dienone is 2. The third kappa shape index (κ3) is 3.52.